The third kappa shape index (κ3) is 5.30. The first-order valence-electron chi connectivity index (χ1n) is 8.71. The monoisotopic (exact) mass is 334 g/mol. The van der Waals surface area contributed by atoms with Crippen molar-refractivity contribution in [3.63, 3.8) is 0 Å². The molecule has 0 spiro atoms. The van der Waals surface area contributed by atoms with Crippen LogP contribution in [0, 0.1) is 5.92 Å². The fourth-order valence-corrected chi connectivity index (χ4v) is 2.86. The van der Waals surface area contributed by atoms with Crippen molar-refractivity contribution in [3.8, 4) is 11.5 Å². The van der Waals surface area contributed by atoms with Crippen LogP contribution in [-0.4, -0.2) is 57.8 Å². The molecule has 0 aromatic heterocycles. The zero-order chi connectivity index (χ0) is 17.4. The van der Waals surface area contributed by atoms with Crippen molar-refractivity contribution in [2.75, 3.05) is 52.3 Å². The topological polar surface area (TPSA) is 58.1 Å². The highest BCUT2D eigenvalue weighted by atomic mass is 16.5. The minimum atomic E-state index is 0.600. The number of hydrogen-bond acceptors (Lipinski definition) is 4. The van der Waals surface area contributed by atoms with Gasteiger partial charge in [0.1, 0.15) is 0 Å². The van der Waals surface area contributed by atoms with E-state index in [0.29, 0.717) is 12.5 Å². The van der Waals surface area contributed by atoms with E-state index in [-0.39, 0.29) is 0 Å². The Morgan fingerprint density at radius 3 is 2.79 bits per heavy atom. The summed E-state index contributed by atoms with van der Waals surface area (Å²) in [5.74, 6) is 2.91. The molecule has 0 aliphatic carbocycles. The number of hydrogen-bond donors (Lipinski definition) is 2. The first-order valence-corrected chi connectivity index (χ1v) is 8.71. The second-order valence-electron chi connectivity index (χ2n) is 6.06. The zero-order valence-corrected chi connectivity index (χ0v) is 15.3. The second kappa shape index (κ2) is 9.37. The van der Waals surface area contributed by atoms with Gasteiger partial charge in [-0.3, -0.25) is 4.99 Å². The SMILES string of the molecule is CCNC(=NCC1CCN(C)C1)Nc1ccc(OC)c(OCC)c1. The lowest BCUT2D eigenvalue weighted by molar-refractivity contribution is 0.311. The van der Waals surface area contributed by atoms with Crippen LogP contribution < -0.4 is 20.1 Å². The van der Waals surface area contributed by atoms with Crippen molar-refractivity contribution in [2.45, 2.75) is 20.3 Å². The first kappa shape index (κ1) is 18.4. The number of methoxy groups -OCH3 is 1. The molecular weight excluding hydrogens is 304 g/mol. The molecule has 0 bridgehead atoms. The molecule has 134 valence electrons. The van der Waals surface area contributed by atoms with Gasteiger partial charge in [-0.1, -0.05) is 0 Å². The summed E-state index contributed by atoms with van der Waals surface area (Å²) in [6, 6.07) is 5.82. The van der Waals surface area contributed by atoms with Gasteiger partial charge in [0.05, 0.1) is 13.7 Å². The lowest BCUT2D eigenvalue weighted by Gasteiger charge is -2.15. The van der Waals surface area contributed by atoms with Gasteiger partial charge in [-0.2, -0.15) is 0 Å². The maximum atomic E-state index is 5.63. The van der Waals surface area contributed by atoms with Crippen LogP contribution in [0.2, 0.25) is 0 Å². The van der Waals surface area contributed by atoms with E-state index in [1.54, 1.807) is 7.11 Å². The lowest BCUT2D eigenvalue weighted by Crippen LogP contribution is -2.31. The molecule has 0 amide bonds. The van der Waals surface area contributed by atoms with Gasteiger partial charge in [-0.15, -0.1) is 0 Å². The summed E-state index contributed by atoms with van der Waals surface area (Å²) in [6.07, 6.45) is 1.22. The van der Waals surface area contributed by atoms with Crippen molar-refractivity contribution >= 4 is 11.6 Å². The molecule has 1 heterocycles. The van der Waals surface area contributed by atoms with Gasteiger partial charge >= 0.3 is 0 Å². The Hall–Kier alpha value is -1.95. The Bertz CT molecular complexity index is 548. The normalized spacial score (nSPS) is 18.5. The maximum Gasteiger partial charge on any atom is 0.195 e. The Morgan fingerprint density at radius 1 is 1.33 bits per heavy atom. The van der Waals surface area contributed by atoms with E-state index in [1.165, 1.54) is 13.0 Å². The van der Waals surface area contributed by atoms with Crippen molar-refractivity contribution in [3.05, 3.63) is 18.2 Å². The van der Waals surface area contributed by atoms with Crippen LogP contribution in [0.15, 0.2) is 23.2 Å². The van der Waals surface area contributed by atoms with Crippen LogP contribution in [0.4, 0.5) is 5.69 Å². The lowest BCUT2D eigenvalue weighted by atomic mass is 10.1. The van der Waals surface area contributed by atoms with Gasteiger partial charge in [0.15, 0.2) is 17.5 Å². The van der Waals surface area contributed by atoms with E-state index in [4.69, 9.17) is 14.5 Å². The van der Waals surface area contributed by atoms with Crippen LogP contribution in [0.5, 0.6) is 11.5 Å². The standard InChI is InChI=1S/C18H30N4O2/c1-5-19-18(20-12-14-9-10-22(3)13-14)21-15-7-8-16(23-4)17(11-15)24-6-2/h7-8,11,14H,5-6,9-10,12-13H2,1-4H3,(H2,19,20,21). The fraction of sp³-hybridized carbons (Fsp3) is 0.611. The van der Waals surface area contributed by atoms with Crippen LogP contribution in [0.3, 0.4) is 0 Å². The molecule has 1 aliphatic heterocycles. The average molecular weight is 334 g/mol. The molecule has 6 heteroatoms. The third-order valence-electron chi connectivity index (χ3n) is 4.07. The van der Waals surface area contributed by atoms with Crippen LogP contribution >= 0.6 is 0 Å². The van der Waals surface area contributed by atoms with E-state index in [2.05, 4.69) is 29.5 Å². The predicted molar refractivity (Wildman–Crippen MR) is 99.4 cm³/mol. The van der Waals surface area contributed by atoms with E-state index < -0.39 is 0 Å². The van der Waals surface area contributed by atoms with Crippen molar-refractivity contribution in [2.24, 2.45) is 10.9 Å². The number of likely N-dealkylation sites (tertiary alicyclic amines) is 1. The quantitative estimate of drug-likeness (QED) is 0.592. The minimum Gasteiger partial charge on any atom is -0.493 e. The number of benzene rings is 1. The van der Waals surface area contributed by atoms with Gasteiger partial charge in [0.25, 0.3) is 0 Å². The molecule has 1 fully saturated rings. The number of rotatable bonds is 7. The van der Waals surface area contributed by atoms with Gasteiger partial charge in [0, 0.05) is 31.4 Å². The summed E-state index contributed by atoms with van der Waals surface area (Å²) in [5, 5.41) is 6.65. The smallest absolute Gasteiger partial charge is 0.195 e. The molecule has 1 aliphatic rings. The first-order chi connectivity index (χ1) is 11.7. The number of anilines is 1. The number of nitrogens with one attached hydrogen (secondary N) is 2. The zero-order valence-electron chi connectivity index (χ0n) is 15.3. The summed E-state index contributed by atoms with van der Waals surface area (Å²) < 4.78 is 11.0. The third-order valence-corrected chi connectivity index (χ3v) is 4.07. The van der Waals surface area contributed by atoms with Crippen molar-refractivity contribution in [1.82, 2.24) is 10.2 Å². The second-order valence-corrected chi connectivity index (χ2v) is 6.06. The molecule has 1 atom stereocenters. The molecule has 2 N–H and O–H groups in total. The van der Waals surface area contributed by atoms with Crippen LogP contribution in [0.1, 0.15) is 20.3 Å². The van der Waals surface area contributed by atoms with Crippen LogP contribution in [-0.2, 0) is 0 Å². The molecule has 6 nitrogen and oxygen atoms in total. The average Bonchev–Trinajstić information content (AvgIpc) is 2.99. The summed E-state index contributed by atoms with van der Waals surface area (Å²) in [7, 11) is 3.81. The van der Waals surface area contributed by atoms with Gasteiger partial charge < -0.3 is 25.0 Å². The Balaban J connectivity index is 2.04. The van der Waals surface area contributed by atoms with E-state index in [1.807, 2.05) is 25.1 Å². The molecule has 24 heavy (non-hydrogen) atoms. The van der Waals surface area contributed by atoms with Gasteiger partial charge in [-0.25, -0.2) is 0 Å². The summed E-state index contributed by atoms with van der Waals surface area (Å²) >= 11 is 0. The van der Waals surface area contributed by atoms with Crippen molar-refractivity contribution in [1.29, 1.82) is 0 Å². The summed E-state index contributed by atoms with van der Waals surface area (Å²) in [5.41, 5.74) is 0.933. The number of nitrogens with zero attached hydrogens (tertiary/aromatic N) is 2. The molecule has 1 saturated heterocycles. The summed E-state index contributed by atoms with van der Waals surface area (Å²) in [4.78, 5) is 7.10. The Kier molecular flexibility index (Phi) is 7.18. The van der Waals surface area contributed by atoms with Gasteiger partial charge in [0.2, 0.25) is 0 Å². The highest BCUT2D eigenvalue weighted by Gasteiger charge is 2.19. The minimum absolute atomic E-state index is 0.600. The van der Waals surface area contributed by atoms with Crippen molar-refractivity contribution < 1.29 is 9.47 Å². The number of guanidine groups is 1. The Labute approximate surface area is 145 Å². The van der Waals surface area contributed by atoms with Crippen LogP contribution in [0.25, 0.3) is 0 Å². The molecule has 0 radical (unpaired) electrons. The molecule has 1 aromatic rings. The van der Waals surface area contributed by atoms with E-state index >= 15 is 0 Å². The largest absolute Gasteiger partial charge is 0.493 e. The fourth-order valence-electron chi connectivity index (χ4n) is 2.86. The molecule has 1 aromatic carbocycles. The highest BCUT2D eigenvalue weighted by molar-refractivity contribution is 5.93. The molecule has 1 unspecified atom stereocenters. The maximum absolute atomic E-state index is 5.63. The summed E-state index contributed by atoms with van der Waals surface area (Å²) in [6.45, 7) is 8.59. The molecule has 2 rings (SSSR count). The number of aliphatic imine (C=N–C) groups is 1. The Morgan fingerprint density at radius 2 is 2.17 bits per heavy atom. The molecular formula is C18H30N4O2. The highest BCUT2D eigenvalue weighted by Crippen LogP contribution is 2.30. The van der Waals surface area contributed by atoms with Gasteiger partial charge in [-0.05, 0) is 51.9 Å². The molecule has 0 saturated carbocycles. The predicted octanol–water partition coefficient (Wildman–Crippen LogP) is 2.42. The van der Waals surface area contributed by atoms with E-state index in [9.17, 15) is 0 Å². The number of ether oxygens (including phenoxy) is 2. The van der Waals surface area contributed by atoms with E-state index in [0.717, 1.165) is 42.8 Å².